The summed E-state index contributed by atoms with van der Waals surface area (Å²) in [6, 6.07) is 0.561. The van der Waals surface area contributed by atoms with Gasteiger partial charge in [-0.1, -0.05) is 39.0 Å². The Labute approximate surface area is 229 Å². The molecule has 0 aromatic rings. The fourth-order valence-corrected chi connectivity index (χ4v) is 9.49. The maximum absolute atomic E-state index is 13.7. The highest BCUT2D eigenvalue weighted by Crippen LogP contribution is 2.54. The number of alkyl halides is 1. The Hall–Kier alpha value is -1.32. The van der Waals surface area contributed by atoms with Gasteiger partial charge in [0, 0.05) is 38.1 Å². The molecular formula is C29H50FN5O2S. The first-order valence-corrected chi connectivity index (χ1v) is 16.5. The zero-order valence-electron chi connectivity index (χ0n) is 23.4. The number of nitrogens with zero attached hydrogens (tertiary/aromatic N) is 1. The molecule has 3 saturated carbocycles. The van der Waals surface area contributed by atoms with Crippen LogP contribution in [0.5, 0.6) is 0 Å². The van der Waals surface area contributed by atoms with Crippen LogP contribution in [0.1, 0.15) is 90.4 Å². The third-order valence-corrected chi connectivity index (χ3v) is 11.9. The van der Waals surface area contributed by atoms with E-state index in [1.807, 2.05) is 0 Å². The standard InChI is InChI=1S/C29H50FN5O2S/c1-21-16-27(34-25-10-8-24(30)9-11-25)23(19-31)17-26(21)29(18-22-6-4-3-5-7-22)13-15-35(20-29)38(36,37)28(32)12-14-33-2/h12,14,19,21-27,31-34H,3-11,13,15-18,20H2,1-2H3/b14-12-,31-19?,32-28?. The molecule has 216 valence electrons. The Bertz CT molecular complexity index is 945. The van der Waals surface area contributed by atoms with Gasteiger partial charge in [-0.15, -0.1) is 0 Å². The molecule has 3 aliphatic carbocycles. The zero-order valence-corrected chi connectivity index (χ0v) is 24.2. The first kappa shape index (κ1) is 29.7. The van der Waals surface area contributed by atoms with Crippen LogP contribution in [0.25, 0.3) is 0 Å². The van der Waals surface area contributed by atoms with Crippen molar-refractivity contribution in [1.29, 1.82) is 10.8 Å². The summed E-state index contributed by atoms with van der Waals surface area (Å²) >= 11 is 0. The van der Waals surface area contributed by atoms with Gasteiger partial charge in [0.15, 0.2) is 5.04 Å². The highest BCUT2D eigenvalue weighted by molar-refractivity contribution is 8.04. The van der Waals surface area contributed by atoms with Crippen LogP contribution in [0.2, 0.25) is 0 Å². The molecule has 0 radical (unpaired) electrons. The second-order valence-electron chi connectivity index (χ2n) is 12.8. The molecule has 38 heavy (non-hydrogen) atoms. The summed E-state index contributed by atoms with van der Waals surface area (Å²) in [4.78, 5) is 0. The van der Waals surface area contributed by atoms with Gasteiger partial charge in [-0.05, 0) is 93.0 Å². The predicted octanol–water partition coefficient (Wildman–Crippen LogP) is 5.24. The van der Waals surface area contributed by atoms with Crippen LogP contribution in [0.3, 0.4) is 0 Å². The van der Waals surface area contributed by atoms with E-state index in [2.05, 4.69) is 17.6 Å². The van der Waals surface area contributed by atoms with Crippen molar-refractivity contribution in [3.63, 3.8) is 0 Å². The van der Waals surface area contributed by atoms with Crippen LogP contribution in [-0.4, -0.2) is 62.4 Å². The van der Waals surface area contributed by atoms with Gasteiger partial charge < -0.3 is 16.0 Å². The van der Waals surface area contributed by atoms with E-state index >= 15 is 0 Å². The Kier molecular flexibility index (Phi) is 10.1. The SMILES string of the molecule is CN/C=C\C(=N)S(=O)(=O)N1CCC(CC2CCCCC2)(C2CC(C=N)C(NC3CCC(F)CC3)CC2C)C1. The summed E-state index contributed by atoms with van der Waals surface area (Å²) < 4.78 is 42.0. The van der Waals surface area contributed by atoms with E-state index in [0.717, 1.165) is 38.5 Å². The molecule has 4 rings (SSSR count). The summed E-state index contributed by atoms with van der Waals surface area (Å²) in [5.41, 5.74) is -0.111. The minimum Gasteiger partial charge on any atom is -0.394 e. The molecule has 4 fully saturated rings. The number of sulfonamides is 1. The fraction of sp³-hybridized carbons (Fsp3) is 0.862. The van der Waals surface area contributed by atoms with Crippen molar-refractivity contribution >= 4 is 21.3 Å². The van der Waals surface area contributed by atoms with Crippen molar-refractivity contribution in [2.24, 2.45) is 29.1 Å². The van der Waals surface area contributed by atoms with Gasteiger partial charge in [0.2, 0.25) is 0 Å². The van der Waals surface area contributed by atoms with Crippen molar-refractivity contribution < 1.29 is 12.8 Å². The Balaban J connectivity index is 1.53. The third kappa shape index (κ3) is 6.69. The van der Waals surface area contributed by atoms with E-state index in [1.54, 1.807) is 17.6 Å². The molecule has 0 amide bonds. The van der Waals surface area contributed by atoms with Crippen molar-refractivity contribution in [2.75, 3.05) is 20.1 Å². The highest BCUT2D eigenvalue weighted by atomic mass is 32.2. The molecule has 1 saturated heterocycles. The average molecular weight is 552 g/mol. The van der Waals surface area contributed by atoms with Crippen molar-refractivity contribution in [2.45, 2.75) is 109 Å². The van der Waals surface area contributed by atoms with Crippen LogP contribution in [0, 0.1) is 39.9 Å². The van der Waals surface area contributed by atoms with E-state index < -0.39 is 16.2 Å². The van der Waals surface area contributed by atoms with Crippen molar-refractivity contribution in [1.82, 2.24) is 14.9 Å². The van der Waals surface area contributed by atoms with E-state index in [-0.39, 0.29) is 22.4 Å². The average Bonchev–Trinajstić information content (AvgIpc) is 3.34. The largest absolute Gasteiger partial charge is 0.394 e. The first-order valence-electron chi connectivity index (χ1n) is 15.0. The lowest BCUT2D eigenvalue weighted by Crippen LogP contribution is -2.52. The molecule has 5 atom stereocenters. The van der Waals surface area contributed by atoms with Gasteiger partial charge in [-0.2, -0.15) is 4.31 Å². The molecular weight excluding hydrogens is 501 g/mol. The van der Waals surface area contributed by atoms with Gasteiger partial charge in [0.1, 0.15) is 6.17 Å². The van der Waals surface area contributed by atoms with Gasteiger partial charge in [-0.25, -0.2) is 12.8 Å². The number of hydrogen-bond donors (Lipinski definition) is 4. The lowest BCUT2D eigenvalue weighted by Gasteiger charge is -2.50. The summed E-state index contributed by atoms with van der Waals surface area (Å²) in [5, 5.41) is 22.8. The van der Waals surface area contributed by atoms with Crippen molar-refractivity contribution in [3.8, 4) is 0 Å². The highest BCUT2D eigenvalue weighted by Gasteiger charge is 2.52. The van der Waals surface area contributed by atoms with E-state index in [0.29, 0.717) is 49.7 Å². The maximum Gasteiger partial charge on any atom is 0.259 e. The molecule has 7 nitrogen and oxygen atoms in total. The molecule has 1 aliphatic heterocycles. The normalized spacial score (nSPS) is 37.9. The van der Waals surface area contributed by atoms with Gasteiger partial charge in [0.05, 0.1) is 0 Å². The van der Waals surface area contributed by atoms with E-state index in [9.17, 15) is 12.8 Å². The lowest BCUT2D eigenvalue weighted by molar-refractivity contribution is 0.0265. The number of hydrogen-bond acceptors (Lipinski definition) is 6. The Morgan fingerprint density at radius 1 is 1.11 bits per heavy atom. The molecule has 0 bridgehead atoms. The number of halogens is 1. The lowest BCUT2D eigenvalue weighted by atomic mass is 9.57. The van der Waals surface area contributed by atoms with E-state index in [4.69, 9.17) is 10.8 Å². The summed E-state index contributed by atoms with van der Waals surface area (Å²) in [6.07, 6.45) is 16.8. The van der Waals surface area contributed by atoms with Crippen LogP contribution in [-0.2, 0) is 10.0 Å². The molecule has 1 heterocycles. The molecule has 9 heteroatoms. The smallest absolute Gasteiger partial charge is 0.259 e. The fourth-order valence-electron chi connectivity index (χ4n) is 8.21. The molecule has 0 aromatic heterocycles. The van der Waals surface area contributed by atoms with Crippen LogP contribution >= 0.6 is 0 Å². The Morgan fingerprint density at radius 3 is 2.47 bits per heavy atom. The third-order valence-electron chi connectivity index (χ3n) is 10.3. The van der Waals surface area contributed by atoms with Gasteiger partial charge >= 0.3 is 0 Å². The quantitative estimate of drug-likeness (QED) is 0.232. The van der Waals surface area contributed by atoms with Crippen LogP contribution in [0.4, 0.5) is 4.39 Å². The summed E-state index contributed by atoms with van der Waals surface area (Å²) in [7, 11) is -2.14. The molecule has 0 spiro atoms. The number of nitrogens with one attached hydrogen (secondary N) is 4. The second kappa shape index (κ2) is 12.9. The molecule has 0 aromatic carbocycles. The number of rotatable bonds is 9. The predicted molar refractivity (Wildman–Crippen MR) is 153 cm³/mol. The monoisotopic (exact) mass is 551 g/mol. The Morgan fingerprint density at radius 2 is 1.82 bits per heavy atom. The minimum atomic E-state index is -3.83. The molecule has 4 N–H and O–H groups in total. The minimum absolute atomic E-state index is 0.111. The maximum atomic E-state index is 13.7. The zero-order chi connectivity index (χ0) is 27.3. The first-order chi connectivity index (χ1) is 18.2. The second-order valence-corrected chi connectivity index (χ2v) is 14.7. The van der Waals surface area contributed by atoms with Crippen LogP contribution in [0.15, 0.2) is 12.3 Å². The van der Waals surface area contributed by atoms with E-state index in [1.165, 1.54) is 44.4 Å². The van der Waals surface area contributed by atoms with Gasteiger partial charge in [0.25, 0.3) is 10.0 Å². The topological polar surface area (TPSA) is 109 Å². The molecule has 5 unspecified atom stereocenters. The van der Waals surface area contributed by atoms with Crippen LogP contribution < -0.4 is 10.6 Å². The summed E-state index contributed by atoms with van der Waals surface area (Å²) in [5.74, 6) is 1.51. The van der Waals surface area contributed by atoms with Gasteiger partial charge in [-0.3, -0.25) is 5.41 Å². The molecule has 4 aliphatic rings. The summed E-state index contributed by atoms with van der Waals surface area (Å²) in [6.45, 7) is 3.28. The van der Waals surface area contributed by atoms with Crippen molar-refractivity contribution in [3.05, 3.63) is 12.3 Å².